The number of likely N-dealkylation sites (tertiary alicyclic amines) is 1. The van der Waals surface area contributed by atoms with Gasteiger partial charge < -0.3 is 14.8 Å². The highest BCUT2D eigenvalue weighted by Crippen LogP contribution is 2.26. The van der Waals surface area contributed by atoms with Crippen LogP contribution < -0.4 is 14.8 Å². The molecule has 150 valence electrons. The van der Waals surface area contributed by atoms with Crippen LogP contribution in [0.4, 0.5) is 0 Å². The number of nitrogens with zero attached hydrogens (tertiary/aromatic N) is 1. The Morgan fingerprint density at radius 2 is 1.61 bits per heavy atom. The van der Waals surface area contributed by atoms with Crippen LogP contribution in [0, 0.1) is 6.92 Å². The number of amides is 1. The van der Waals surface area contributed by atoms with Gasteiger partial charge in [0.2, 0.25) is 0 Å². The minimum absolute atomic E-state index is 0.0268. The van der Waals surface area contributed by atoms with Gasteiger partial charge in [0, 0.05) is 6.54 Å². The van der Waals surface area contributed by atoms with Crippen LogP contribution in [0.1, 0.15) is 36.9 Å². The largest absolute Gasteiger partial charge is 0.494 e. The molecule has 28 heavy (non-hydrogen) atoms. The van der Waals surface area contributed by atoms with Crippen molar-refractivity contribution in [2.75, 3.05) is 32.8 Å². The SMILES string of the molecule is CCOc1ccc(C(CNC(=O)COc2ccc(C)cc2)N2CCCC2)cc1. The van der Waals surface area contributed by atoms with Gasteiger partial charge in [0.25, 0.3) is 5.91 Å². The van der Waals surface area contributed by atoms with Gasteiger partial charge in [-0.15, -0.1) is 0 Å². The van der Waals surface area contributed by atoms with Gasteiger partial charge in [-0.1, -0.05) is 29.8 Å². The number of benzene rings is 2. The average Bonchev–Trinajstić information content (AvgIpc) is 3.24. The maximum Gasteiger partial charge on any atom is 0.258 e. The van der Waals surface area contributed by atoms with E-state index in [0.29, 0.717) is 18.9 Å². The molecule has 1 fully saturated rings. The predicted molar refractivity (Wildman–Crippen MR) is 111 cm³/mol. The Balaban J connectivity index is 1.56. The smallest absolute Gasteiger partial charge is 0.258 e. The summed E-state index contributed by atoms with van der Waals surface area (Å²) in [6, 6.07) is 16.1. The molecule has 5 heteroatoms. The normalized spacial score (nSPS) is 15.2. The lowest BCUT2D eigenvalue weighted by Crippen LogP contribution is -2.38. The molecule has 0 bridgehead atoms. The molecule has 1 amide bonds. The molecule has 0 aromatic heterocycles. The number of ether oxygens (including phenoxy) is 2. The number of nitrogens with one attached hydrogen (secondary N) is 1. The molecular weight excluding hydrogens is 352 g/mol. The van der Waals surface area contributed by atoms with Crippen LogP contribution in [0.3, 0.4) is 0 Å². The average molecular weight is 383 g/mol. The minimum Gasteiger partial charge on any atom is -0.494 e. The van der Waals surface area contributed by atoms with Crippen molar-refractivity contribution in [3.8, 4) is 11.5 Å². The molecule has 1 aliphatic heterocycles. The van der Waals surface area contributed by atoms with Gasteiger partial charge >= 0.3 is 0 Å². The van der Waals surface area contributed by atoms with E-state index >= 15 is 0 Å². The van der Waals surface area contributed by atoms with Crippen molar-refractivity contribution >= 4 is 5.91 Å². The van der Waals surface area contributed by atoms with Crippen LogP contribution in [0.5, 0.6) is 11.5 Å². The quantitative estimate of drug-likeness (QED) is 0.718. The standard InChI is InChI=1S/C23H30N2O3/c1-3-27-20-12-8-19(9-13-20)22(25-14-4-5-15-25)16-24-23(26)17-28-21-10-6-18(2)7-11-21/h6-13,22H,3-5,14-17H2,1-2H3,(H,24,26). The van der Waals surface area contributed by atoms with Gasteiger partial charge in [-0.3, -0.25) is 9.69 Å². The molecule has 5 nitrogen and oxygen atoms in total. The van der Waals surface area contributed by atoms with Gasteiger partial charge in [-0.05, 0) is 69.6 Å². The van der Waals surface area contributed by atoms with Crippen LogP contribution >= 0.6 is 0 Å². The summed E-state index contributed by atoms with van der Waals surface area (Å²) < 4.78 is 11.1. The van der Waals surface area contributed by atoms with Crippen molar-refractivity contribution < 1.29 is 14.3 Å². The number of hydrogen-bond acceptors (Lipinski definition) is 4. The molecule has 2 aromatic carbocycles. The Kier molecular flexibility index (Phi) is 7.31. The van der Waals surface area contributed by atoms with Crippen molar-refractivity contribution in [2.24, 2.45) is 0 Å². The topological polar surface area (TPSA) is 50.8 Å². The molecule has 0 saturated carbocycles. The highest BCUT2D eigenvalue weighted by Gasteiger charge is 2.24. The zero-order valence-electron chi connectivity index (χ0n) is 16.8. The molecule has 0 spiro atoms. The highest BCUT2D eigenvalue weighted by atomic mass is 16.5. The third-order valence-electron chi connectivity index (χ3n) is 5.04. The van der Waals surface area contributed by atoms with Crippen LogP contribution in [0.25, 0.3) is 0 Å². The number of rotatable bonds is 9. The summed E-state index contributed by atoms with van der Waals surface area (Å²) in [5.74, 6) is 1.49. The van der Waals surface area contributed by atoms with Gasteiger partial charge in [0.15, 0.2) is 6.61 Å². The molecule has 1 atom stereocenters. The summed E-state index contributed by atoms with van der Waals surface area (Å²) in [6.07, 6.45) is 2.41. The maximum absolute atomic E-state index is 12.3. The molecule has 0 aliphatic carbocycles. The van der Waals surface area contributed by atoms with E-state index in [1.807, 2.05) is 50.2 Å². The third kappa shape index (κ3) is 5.73. The molecule has 1 saturated heterocycles. The number of carbonyl (C=O) groups excluding carboxylic acids is 1. The molecule has 3 rings (SSSR count). The second kappa shape index (κ2) is 10.1. The lowest BCUT2D eigenvalue weighted by molar-refractivity contribution is -0.123. The first-order valence-corrected chi connectivity index (χ1v) is 10.1. The van der Waals surface area contributed by atoms with Crippen molar-refractivity contribution in [3.63, 3.8) is 0 Å². The van der Waals surface area contributed by atoms with E-state index in [4.69, 9.17) is 9.47 Å². The fraction of sp³-hybridized carbons (Fsp3) is 0.435. The maximum atomic E-state index is 12.3. The van der Waals surface area contributed by atoms with Crippen molar-refractivity contribution in [2.45, 2.75) is 32.7 Å². The van der Waals surface area contributed by atoms with Crippen molar-refractivity contribution in [1.82, 2.24) is 10.2 Å². The third-order valence-corrected chi connectivity index (χ3v) is 5.04. The lowest BCUT2D eigenvalue weighted by atomic mass is 10.1. The summed E-state index contributed by atoms with van der Waals surface area (Å²) in [6.45, 7) is 7.39. The van der Waals surface area contributed by atoms with Crippen molar-refractivity contribution in [1.29, 1.82) is 0 Å². The summed E-state index contributed by atoms with van der Waals surface area (Å²) in [4.78, 5) is 14.7. The number of hydrogen-bond donors (Lipinski definition) is 1. The van der Waals surface area contributed by atoms with Gasteiger partial charge in [-0.2, -0.15) is 0 Å². The molecule has 1 heterocycles. The molecular formula is C23H30N2O3. The summed E-state index contributed by atoms with van der Waals surface area (Å²) in [5, 5.41) is 3.04. The zero-order chi connectivity index (χ0) is 19.8. The fourth-order valence-electron chi connectivity index (χ4n) is 3.51. The number of aryl methyl sites for hydroxylation is 1. The monoisotopic (exact) mass is 382 g/mol. The van der Waals surface area contributed by atoms with E-state index in [9.17, 15) is 4.79 Å². The van der Waals surface area contributed by atoms with Gasteiger partial charge in [0.05, 0.1) is 12.6 Å². The summed E-state index contributed by atoms with van der Waals surface area (Å²) in [7, 11) is 0. The Hall–Kier alpha value is -2.53. The fourth-order valence-corrected chi connectivity index (χ4v) is 3.51. The molecule has 0 radical (unpaired) electrons. The number of carbonyl (C=O) groups is 1. The van der Waals surface area contributed by atoms with E-state index in [1.54, 1.807) is 0 Å². The van der Waals surface area contributed by atoms with E-state index in [1.165, 1.54) is 24.0 Å². The van der Waals surface area contributed by atoms with E-state index in [-0.39, 0.29) is 18.6 Å². The second-order valence-electron chi connectivity index (χ2n) is 7.17. The van der Waals surface area contributed by atoms with Crippen molar-refractivity contribution in [3.05, 3.63) is 59.7 Å². The molecule has 2 aromatic rings. The van der Waals surface area contributed by atoms with E-state index < -0.39 is 0 Å². The first-order valence-electron chi connectivity index (χ1n) is 10.1. The van der Waals surface area contributed by atoms with E-state index in [2.05, 4.69) is 22.3 Å². The highest BCUT2D eigenvalue weighted by molar-refractivity contribution is 5.77. The Labute approximate surface area is 167 Å². The van der Waals surface area contributed by atoms with Crippen LogP contribution in [-0.4, -0.2) is 43.7 Å². The zero-order valence-corrected chi connectivity index (χ0v) is 16.8. The first kappa shape index (κ1) is 20.2. The molecule has 1 aliphatic rings. The van der Waals surface area contributed by atoms with Crippen LogP contribution in [-0.2, 0) is 4.79 Å². The Bertz CT molecular complexity index is 737. The van der Waals surface area contributed by atoms with E-state index in [0.717, 1.165) is 18.8 Å². The minimum atomic E-state index is -0.101. The molecule has 1 unspecified atom stereocenters. The second-order valence-corrected chi connectivity index (χ2v) is 7.17. The van der Waals surface area contributed by atoms with Gasteiger partial charge in [0.1, 0.15) is 11.5 Å². The molecule has 1 N–H and O–H groups in total. The Morgan fingerprint density at radius 3 is 2.25 bits per heavy atom. The van der Waals surface area contributed by atoms with Crippen LogP contribution in [0.2, 0.25) is 0 Å². The van der Waals surface area contributed by atoms with Gasteiger partial charge in [-0.25, -0.2) is 0 Å². The first-order chi connectivity index (χ1) is 13.7. The van der Waals surface area contributed by atoms with Crippen LogP contribution in [0.15, 0.2) is 48.5 Å². The Morgan fingerprint density at radius 1 is 1.00 bits per heavy atom. The lowest BCUT2D eigenvalue weighted by Gasteiger charge is -2.28. The summed E-state index contributed by atoms with van der Waals surface area (Å²) >= 11 is 0. The summed E-state index contributed by atoms with van der Waals surface area (Å²) in [5.41, 5.74) is 2.37. The predicted octanol–water partition coefficient (Wildman–Crippen LogP) is 3.73.